The van der Waals surface area contributed by atoms with Gasteiger partial charge in [0.1, 0.15) is 11.2 Å². The Kier molecular flexibility index (Phi) is 9.25. The summed E-state index contributed by atoms with van der Waals surface area (Å²) in [6, 6.07) is 72.3. The van der Waals surface area contributed by atoms with Crippen LogP contribution in [0.1, 0.15) is 27.8 Å². The van der Waals surface area contributed by atoms with Crippen molar-refractivity contribution in [2.75, 3.05) is 0 Å². The molecule has 0 unspecified atom stereocenters. The van der Waals surface area contributed by atoms with Crippen molar-refractivity contribution in [3.8, 4) is 45.0 Å². The fourth-order valence-corrected chi connectivity index (χ4v) is 8.46. The second-order valence-electron chi connectivity index (χ2n) is 15.4. The minimum absolute atomic E-state index is 0.408. The van der Waals surface area contributed by atoms with Gasteiger partial charge in [-0.2, -0.15) is 0 Å². The molecule has 2 aromatic heterocycles. The molecule has 2 N–H and O–H groups in total. The largest absolute Gasteiger partial charge is 0.455 e. The van der Waals surface area contributed by atoms with Gasteiger partial charge in [0.25, 0.3) is 0 Å². The molecule has 1 aliphatic heterocycles. The number of fused-ring (bicyclic) bond motifs is 4. The second kappa shape index (κ2) is 15.6. The van der Waals surface area contributed by atoms with E-state index in [1.54, 1.807) is 0 Å². The number of furan rings is 1. The van der Waals surface area contributed by atoms with E-state index in [9.17, 15) is 5.41 Å². The number of nitrogens with zero attached hydrogens (tertiary/aromatic N) is 2. The number of nitrogens with one attached hydrogen (secondary N) is 2. The SMILES string of the molecule is N=C(/C(=C1\NC(c2ccccc2)=Cc2ccccc21)c1ccccc1)c1ccc(-c2nc(-c3ccccc3)cc(-c3cccc(-c4cccc5c4oc4ccccc45)c3)n2)cc1. The molecule has 5 heteroatoms. The average molecular weight is 795 g/mol. The Labute approximate surface area is 359 Å². The van der Waals surface area contributed by atoms with Crippen LogP contribution in [0, 0.1) is 5.41 Å². The molecular weight excluding hydrogens is 757 g/mol. The molecule has 0 amide bonds. The van der Waals surface area contributed by atoms with Crippen molar-refractivity contribution in [1.82, 2.24) is 15.3 Å². The van der Waals surface area contributed by atoms with Crippen LogP contribution in [0.25, 0.3) is 90.0 Å². The molecule has 0 spiro atoms. The molecule has 0 saturated carbocycles. The van der Waals surface area contributed by atoms with E-state index in [1.165, 1.54) is 0 Å². The predicted molar refractivity (Wildman–Crippen MR) is 255 cm³/mol. The van der Waals surface area contributed by atoms with E-state index < -0.39 is 0 Å². The van der Waals surface area contributed by atoms with Gasteiger partial charge in [0.15, 0.2) is 5.82 Å². The summed E-state index contributed by atoms with van der Waals surface area (Å²) < 4.78 is 6.43. The van der Waals surface area contributed by atoms with Crippen LogP contribution in [0.5, 0.6) is 0 Å². The van der Waals surface area contributed by atoms with Crippen LogP contribution >= 0.6 is 0 Å². The van der Waals surface area contributed by atoms with E-state index in [1.807, 2.05) is 97.1 Å². The summed E-state index contributed by atoms with van der Waals surface area (Å²) in [4.78, 5) is 10.3. The Bertz CT molecular complexity index is 3370. The van der Waals surface area contributed by atoms with Crippen LogP contribution in [0.2, 0.25) is 0 Å². The summed E-state index contributed by atoms with van der Waals surface area (Å²) in [5.74, 6) is 0.603. The standard InChI is InChI=1S/C57H38N4O/c58-54(53(39-20-8-3-9-21-39)55-45-25-11-10-22-43(45)35-49(59-55)37-16-4-1-5-17-37)40-30-32-41(33-31-40)57-60-50(38-18-6-2-7-19-38)36-51(61-57)44-24-14-23-42(34-44)46-27-15-28-48-47-26-12-13-29-52(47)62-56(46)48/h1-36,58-59H/b55-53-,58-54?. The number of rotatable bonds is 8. The third-order valence-corrected chi connectivity index (χ3v) is 11.5. The fourth-order valence-electron chi connectivity index (χ4n) is 8.46. The lowest BCUT2D eigenvalue weighted by Crippen LogP contribution is -2.20. The van der Waals surface area contributed by atoms with Gasteiger partial charge < -0.3 is 9.73 Å². The van der Waals surface area contributed by atoms with Gasteiger partial charge in [-0.3, -0.25) is 5.41 Å². The highest BCUT2D eigenvalue weighted by Crippen LogP contribution is 2.39. The highest BCUT2D eigenvalue weighted by atomic mass is 16.3. The van der Waals surface area contributed by atoms with E-state index in [-0.39, 0.29) is 0 Å². The molecule has 11 rings (SSSR count). The summed E-state index contributed by atoms with van der Waals surface area (Å²) in [5, 5.41) is 15.8. The molecule has 3 heterocycles. The zero-order chi connectivity index (χ0) is 41.4. The van der Waals surface area contributed by atoms with E-state index in [0.717, 1.165) is 106 Å². The molecule has 8 aromatic carbocycles. The highest BCUT2D eigenvalue weighted by molar-refractivity contribution is 6.36. The Hall–Kier alpha value is -8.41. The molecule has 0 atom stereocenters. The molecule has 292 valence electrons. The third-order valence-electron chi connectivity index (χ3n) is 11.5. The van der Waals surface area contributed by atoms with Crippen LogP contribution in [0.3, 0.4) is 0 Å². The first-order valence-corrected chi connectivity index (χ1v) is 20.7. The van der Waals surface area contributed by atoms with E-state index in [0.29, 0.717) is 11.5 Å². The average Bonchev–Trinajstić information content (AvgIpc) is 3.74. The lowest BCUT2D eigenvalue weighted by atomic mass is 9.88. The van der Waals surface area contributed by atoms with E-state index >= 15 is 0 Å². The van der Waals surface area contributed by atoms with Crippen LogP contribution in [-0.4, -0.2) is 15.7 Å². The smallest absolute Gasteiger partial charge is 0.160 e. The quantitative estimate of drug-likeness (QED) is 0.150. The molecule has 5 nitrogen and oxygen atoms in total. The number of hydrogen-bond donors (Lipinski definition) is 2. The maximum absolute atomic E-state index is 9.86. The van der Waals surface area contributed by atoms with Gasteiger partial charge in [0, 0.05) is 55.4 Å². The third kappa shape index (κ3) is 6.78. The number of benzene rings is 8. The lowest BCUT2D eigenvalue weighted by Gasteiger charge is -2.26. The molecule has 0 saturated heterocycles. The van der Waals surface area contributed by atoms with Crippen LogP contribution < -0.4 is 5.32 Å². The first-order chi connectivity index (χ1) is 30.6. The Morgan fingerprint density at radius 3 is 1.84 bits per heavy atom. The van der Waals surface area contributed by atoms with Crippen molar-refractivity contribution in [3.63, 3.8) is 0 Å². The molecule has 0 radical (unpaired) electrons. The van der Waals surface area contributed by atoms with Gasteiger partial charge in [0.2, 0.25) is 0 Å². The normalized spacial score (nSPS) is 13.0. The maximum atomic E-state index is 9.86. The fraction of sp³-hybridized carbons (Fsp3) is 0. The van der Waals surface area contributed by atoms with Gasteiger partial charge in [-0.25, -0.2) is 9.97 Å². The van der Waals surface area contributed by atoms with Crippen LogP contribution in [0.15, 0.2) is 217 Å². The van der Waals surface area contributed by atoms with Crippen molar-refractivity contribution >= 4 is 50.7 Å². The van der Waals surface area contributed by atoms with Crippen molar-refractivity contribution in [3.05, 3.63) is 240 Å². The topological polar surface area (TPSA) is 74.8 Å². The lowest BCUT2D eigenvalue weighted by molar-refractivity contribution is 0.670. The maximum Gasteiger partial charge on any atom is 0.160 e. The first-order valence-electron chi connectivity index (χ1n) is 20.7. The van der Waals surface area contributed by atoms with Crippen LogP contribution in [0.4, 0.5) is 0 Å². The summed E-state index contributed by atoms with van der Waals surface area (Å²) in [5.41, 5.74) is 16.3. The molecule has 0 fully saturated rings. The van der Waals surface area contributed by atoms with E-state index in [4.69, 9.17) is 14.4 Å². The number of allylic oxidation sites excluding steroid dienone is 1. The van der Waals surface area contributed by atoms with Gasteiger partial charge in [-0.15, -0.1) is 0 Å². The number of para-hydroxylation sites is 2. The molecule has 62 heavy (non-hydrogen) atoms. The van der Waals surface area contributed by atoms with Gasteiger partial charge >= 0.3 is 0 Å². The van der Waals surface area contributed by atoms with Crippen molar-refractivity contribution in [1.29, 1.82) is 5.41 Å². The van der Waals surface area contributed by atoms with Gasteiger partial charge in [-0.05, 0) is 46.5 Å². The number of hydrogen-bond acceptors (Lipinski definition) is 5. The highest BCUT2D eigenvalue weighted by Gasteiger charge is 2.24. The summed E-state index contributed by atoms with van der Waals surface area (Å²) in [7, 11) is 0. The minimum atomic E-state index is 0.408. The monoisotopic (exact) mass is 794 g/mol. The summed E-state index contributed by atoms with van der Waals surface area (Å²) >= 11 is 0. The Morgan fingerprint density at radius 2 is 1.05 bits per heavy atom. The van der Waals surface area contributed by atoms with Crippen molar-refractivity contribution in [2.45, 2.75) is 0 Å². The Balaban J connectivity index is 0.994. The molecule has 0 bridgehead atoms. The van der Waals surface area contributed by atoms with Gasteiger partial charge in [0.05, 0.1) is 22.8 Å². The molecular formula is C57H38N4O. The minimum Gasteiger partial charge on any atom is -0.455 e. The molecule has 0 aliphatic carbocycles. The number of aromatic nitrogens is 2. The van der Waals surface area contributed by atoms with Crippen molar-refractivity contribution < 1.29 is 4.42 Å². The first kappa shape index (κ1) is 36.7. The predicted octanol–water partition coefficient (Wildman–Crippen LogP) is 14.1. The summed E-state index contributed by atoms with van der Waals surface area (Å²) in [6.45, 7) is 0. The van der Waals surface area contributed by atoms with Crippen LogP contribution in [-0.2, 0) is 0 Å². The zero-order valence-electron chi connectivity index (χ0n) is 33.6. The van der Waals surface area contributed by atoms with E-state index in [2.05, 4.69) is 127 Å². The Morgan fingerprint density at radius 1 is 0.452 bits per heavy atom. The van der Waals surface area contributed by atoms with Gasteiger partial charge in [-0.1, -0.05) is 194 Å². The van der Waals surface area contributed by atoms with Crippen molar-refractivity contribution in [2.24, 2.45) is 0 Å². The summed E-state index contributed by atoms with van der Waals surface area (Å²) in [6.07, 6.45) is 2.18. The molecule has 1 aliphatic rings. The zero-order valence-corrected chi connectivity index (χ0v) is 33.6. The second-order valence-corrected chi connectivity index (χ2v) is 15.4. The molecule has 10 aromatic rings.